The van der Waals surface area contributed by atoms with E-state index >= 15 is 0 Å². The van der Waals surface area contributed by atoms with Crippen molar-refractivity contribution in [3.63, 3.8) is 0 Å². The Labute approximate surface area is 152 Å². The predicted molar refractivity (Wildman–Crippen MR) is 103 cm³/mol. The van der Waals surface area contributed by atoms with Crippen LogP contribution < -0.4 is 10.0 Å². The highest BCUT2D eigenvalue weighted by molar-refractivity contribution is 7.89. The first-order valence-corrected chi connectivity index (χ1v) is 9.52. The van der Waals surface area contributed by atoms with E-state index < -0.39 is 10.0 Å². The number of anilines is 1. The maximum absolute atomic E-state index is 14.5. The fourth-order valence-electron chi connectivity index (χ4n) is 2.95. The van der Waals surface area contributed by atoms with Crippen molar-refractivity contribution >= 4 is 15.7 Å². The highest BCUT2D eigenvalue weighted by atomic mass is 32.2. The maximum atomic E-state index is 14.5. The second-order valence-electron chi connectivity index (χ2n) is 6.15. The Morgan fingerprint density at radius 3 is 2.15 bits per heavy atom. The number of rotatable bonds is 4. The van der Waals surface area contributed by atoms with Gasteiger partial charge >= 0.3 is 0 Å². The molecule has 4 nitrogen and oxygen atoms in total. The van der Waals surface area contributed by atoms with Gasteiger partial charge in [0.1, 0.15) is 5.82 Å². The predicted octanol–water partition coefficient (Wildman–Crippen LogP) is 3.87. The summed E-state index contributed by atoms with van der Waals surface area (Å²) in [7, 11) is -0.428. The van der Waals surface area contributed by atoms with Crippen LogP contribution in [-0.2, 0) is 10.0 Å². The van der Waals surface area contributed by atoms with Gasteiger partial charge in [0.2, 0.25) is 10.0 Å². The SMILES string of the molecule is CN(C)c1ccc(-c2cccc(S(N)(=O)=O)c2-c2ccccc2)cc1F. The number of hydrogen-bond acceptors (Lipinski definition) is 3. The maximum Gasteiger partial charge on any atom is 0.238 e. The summed E-state index contributed by atoms with van der Waals surface area (Å²) in [6.07, 6.45) is 0. The fourth-order valence-corrected chi connectivity index (χ4v) is 3.73. The van der Waals surface area contributed by atoms with E-state index in [0.29, 0.717) is 27.9 Å². The van der Waals surface area contributed by atoms with Gasteiger partial charge in [-0.1, -0.05) is 48.5 Å². The van der Waals surface area contributed by atoms with E-state index in [1.165, 1.54) is 12.1 Å². The molecule has 3 aromatic carbocycles. The van der Waals surface area contributed by atoms with E-state index in [4.69, 9.17) is 5.14 Å². The van der Waals surface area contributed by atoms with Crippen LogP contribution in [0.3, 0.4) is 0 Å². The van der Waals surface area contributed by atoms with Crippen molar-refractivity contribution in [2.75, 3.05) is 19.0 Å². The normalized spacial score (nSPS) is 11.4. The summed E-state index contributed by atoms with van der Waals surface area (Å²) in [5.74, 6) is -0.382. The van der Waals surface area contributed by atoms with Crippen LogP contribution in [0.25, 0.3) is 22.3 Å². The third kappa shape index (κ3) is 3.47. The van der Waals surface area contributed by atoms with Gasteiger partial charge in [-0.05, 0) is 34.9 Å². The van der Waals surface area contributed by atoms with Crippen LogP contribution in [0.1, 0.15) is 0 Å². The van der Waals surface area contributed by atoms with Gasteiger partial charge in [-0.15, -0.1) is 0 Å². The smallest absolute Gasteiger partial charge is 0.238 e. The molecule has 0 atom stereocenters. The lowest BCUT2D eigenvalue weighted by atomic mass is 9.94. The Balaban J connectivity index is 2.31. The molecule has 0 amide bonds. The molecule has 0 aliphatic carbocycles. The lowest BCUT2D eigenvalue weighted by molar-refractivity contribution is 0.598. The molecule has 0 unspecified atom stereocenters. The summed E-state index contributed by atoms with van der Waals surface area (Å²) in [5.41, 5.74) is 2.80. The third-order valence-electron chi connectivity index (χ3n) is 4.14. The van der Waals surface area contributed by atoms with Gasteiger partial charge in [0.15, 0.2) is 0 Å². The molecule has 0 saturated carbocycles. The molecule has 0 aliphatic rings. The van der Waals surface area contributed by atoms with E-state index in [-0.39, 0.29) is 10.7 Å². The molecule has 0 bridgehead atoms. The van der Waals surface area contributed by atoms with Crippen LogP contribution in [-0.4, -0.2) is 22.5 Å². The topological polar surface area (TPSA) is 63.4 Å². The highest BCUT2D eigenvalue weighted by Gasteiger charge is 2.20. The standard InChI is InChI=1S/C20H19FN2O2S/c1-23(2)18-12-11-15(13-17(18)21)16-9-6-10-19(26(22,24)25)20(16)14-7-4-3-5-8-14/h3-13H,1-2H3,(H2,22,24,25). The Kier molecular flexibility index (Phi) is 4.80. The average Bonchev–Trinajstić information content (AvgIpc) is 2.60. The number of sulfonamides is 1. The van der Waals surface area contributed by atoms with Gasteiger partial charge in [-0.2, -0.15) is 0 Å². The third-order valence-corrected chi connectivity index (χ3v) is 5.09. The Bertz CT molecular complexity index is 1050. The minimum absolute atomic E-state index is 0.0123. The molecule has 6 heteroatoms. The van der Waals surface area contributed by atoms with Crippen LogP contribution in [0.2, 0.25) is 0 Å². The molecule has 0 fully saturated rings. The first kappa shape index (κ1) is 18.1. The summed E-state index contributed by atoms with van der Waals surface area (Å²) in [6, 6.07) is 18.8. The quantitative estimate of drug-likeness (QED) is 0.758. The van der Waals surface area contributed by atoms with Crippen molar-refractivity contribution in [2.24, 2.45) is 5.14 Å². The number of nitrogens with two attached hydrogens (primary N) is 1. The van der Waals surface area contributed by atoms with Gasteiger partial charge in [0, 0.05) is 19.7 Å². The second-order valence-corrected chi connectivity index (χ2v) is 7.68. The van der Waals surface area contributed by atoms with Crippen molar-refractivity contribution in [2.45, 2.75) is 4.90 Å². The van der Waals surface area contributed by atoms with E-state index in [1.807, 2.05) is 18.2 Å². The second kappa shape index (κ2) is 6.90. The Morgan fingerprint density at radius 1 is 0.885 bits per heavy atom. The zero-order valence-corrected chi connectivity index (χ0v) is 15.3. The van der Waals surface area contributed by atoms with Crippen LogP contribution in [0.15, 0.2) is 71.6 Å². The molecule has 3 aromatic rings. The van der Waals surface area contributed by atoms with Crippen LogP contribution in [0.5, 0.6) is 0 Å². The largest absolute Gasteiger partial charge is 0.375 e. The van der Waals surface area contributed by atoms with Gasteiger partial charge < -0.3 is 4.90 Å². The minimum atomic E-state index is -3.95. The van der Waals surface area contributed by atoms with Gasteiger partial charge in [-0.3, -0.25) is 0 Å². The van der Waals surface area contributed by atoms with E-state index in [0.717, 1.165) is 0 Å². The molecule has 134 valence electrons. The van der Waals surface area contributed by atoms with Crippen molar-refractivity contribution in [1.82, 2.24) is 0 Å². The lowest BCUT2D eigenvalue weighted by Gasteiger charge is -2.17. The molecule has 0 aromatic heterocycles. The molecule has 2 N–H and O–H groups in total. The zero-order chi connectivity index (χ0) is 18.9. The average molecular weight is 370 g/mol. The number of halogens is 1. The molecular weight excluding hydrogens is 351 g/mol. The molecule has 26 heavy (non-hydrogen) atoms. The lowest BCUT2D eigenvalue weighted by Crippen LogP contribution is -2.14. The monoisotopic (exact) mass is 370 g/mol. The first-order chi connectivity index (χ1) is 12.3. The van der Waals surface area contributed by atoms with Crippen molar-refractivity contribution in [1.29, 1.82) is 0 Å². The van der Waals surface area contributed by atoms with Crippen molar-refractivity contribution in [3.05, 3.63) is 72.5 Å². The van der Waals surface area contributed by atoms with Crippen LogP contribution in [0, 0.1) is 5.82 Å². The molecule has 3 rings (SSSR count). The summed E-state index contributed by atoms with van der Waals surface area (Å²) >= 11 is 0. The zero-order valence-electron chi connectivity index (χ0n) is 14.5. The first-order valence-electron chi connectivity index (χ1n) is 7.97. The van der Waals surface area contributed by atoms with Crippen molar-refractivity contribution in [3.8, 4) is 22.3 Å². The molecule has 0 aliphatic heterocycles. The molecular formula is C20H19FN2O2S. The van der Waals surface area contributed by atoms with Crippen LogP contribution >= 0.6 is 0 Å². The van der Waals surface area contributed by atoms with E-state index in [9.17, 15) is 12.8 Å². The fraction of sp³-hybridized carbons (Fsp3) is 0.100. The number of primary sulfonamides is 1. The van der Waals surface area contributed by atoms with Gasteiger partial charge in [0.05, 0.1) is 10.6 Å². The number of nitrogens with zero attached hydrogens (tertiary/aromatic N) is 1. The number of hydrogen-bond donors (Lipinski definition) is 1. The van der Waals surface area contributed by atoms with Crippen LogP contribution in [0.4, 0.5) is 10.1 Å². The molecule has 0 radical (unpaired) electrons. The molecule has 0 spiro atoms. The van der Waals surface area contributed by atoms with Crippen molar-refractivity contribution < 1.29 is 12.8 Å². The Hall–Kier alpha value is -2.70. The van der Waals surface area contributed by atoms with Gasteiger partial charge in [0.25, 0.3) is 0 Å². The Morgan fingerprint density at radius 2 is 1.58 bits per heavy atom. The summed E-state index contributed by atoms with van der Waals surface area (Å²) in [4.78, 5) is 1.69. The van der Waals surface area contributed by atoms with E-state index in [2.05, 4.69) is 0 Å². The molecule has 0 heterocycles. The minimum Gasteiger partial charge on any atom is -0.375 e. The highest BCUT2D eigenvalue weighted by Crippen LogP contribution is 2.37. The summed E-state index contributed by atoms with van der Waals surface area (Å²) < 4.78 is 38.7. The van der Waals surface area contributed by atoms with E-state index in [1.54, 1.807) is 55.4 Å². The van der Waals surface area contributed by atoms with Gasteiger partial charge in [-0.25, -0.2) is 17.9 Å². The summed E-state index contributed by atoms with van der Waals surface area (Å²) in [5, 5.41) is 5.43. The molecule has 0 saturated heterocycles. The summed E-state index contributed by atoms with van der Waals surface area (Å²) in [6.45, 7) is 0. The number of benzene rings is 3.